The summed E-state index contributed by atoms with van der Waals surface area (Å²) in [5, 5.41) is 24.1. The molecule has 0 heterocycles. The van der Waals surface area contributed by atoms with E-state index < -0.39 is 11.6 Å². The van der Waals surface area contributed by atoms with Crippen LogP contribution in [0.25, 0.3) is 0 Å². The van der Waals surface area contributed by atoms with Crippen LogP contribution in [0.2, 0.25) is 10.0 Å². The summed E-state index contributed by atoms with van der Waals surface area (Å²) < 4.78 is 5.29. The Morgan fingerprint density at radius 3 is 2.39 bits per heavy atom. The summed E-state index contributed by atoms with van der Waals surface area (Å²) in [5.74, 6) is 0.225. The van der Waals surface area contributed by atoms with Crippen LogP contribution >= 0.6 is 23.2 Å². The third-order valence-electron chi connectivity index (χ3n) is 6.77. The van der Waals surface area contributed by atoms with Gasteiger partial charge >= 0.3 is 5.97 Å². The van der Waals surface area contributed by atoms with Crippen LogP contribution < -0.4 is 10.1 Å². The summed E-state index contributed by atoms with van der Waals surface area (Å²) in [7, 11) is 5.81. The first-order valence-corrected chi connectivity index (χ1v) is 13.4. The first-order valence-electron chi connectivity index (χ1n) is 12.7. The number of nitrogens with zero attached hydrogens (tertiary/aromatic N) is 1. The summed E-state index contributed by atoms with van der Waals surface area (Å²) in [6.07, 6.45) is 4.18. The van der Waals surface area contributed by atoms with Gasteiger partial charge in [-0.25, -0.2) is 0 Å². The number of hydrogen-bond donors (Lipinski definition) is 3. The fourth-order valence-electron chi connectivity index (χ4n) is 4.89. The van der Waals surface area contributed by atoms with Gasteiger partial charge in [-0.15, -0.1) is 0 Å². The lowest BCUT2D eigenvalue weighted by Crippen LogP contribution is -2.43. The highest BCUT2D eigenvalue weighted by Crippen LogP contribution is 2.42. The number of aliphatic hydroxyl groups is 1. The van der Waals surface area contributed by atoms with Crippen LogP contribution in [0.4, 0.5) is 11.4 Å². The Morgan fingerprint density at radius 1 is 1.05 bits per heavy atom. The predicted molar refractivity (Wildman–Crippen MR) is 155 cm³/mol. The van der Waals surface area contributed by atoms with Gasteiger partial charge < -0.3 is 25.2 Å². The fraction of sp³-hybridized carbons (Fsp3) is 0.367. The third kappa shape index (κ3) is 7.87. The van der Waals surface area contributed by atoms with Gasteiger partial charge in [0.05, 0.1) is 34.9 Å². The van der Waals surface area contributed by atoms with E-state index in [1.165, 1.54) is 6.42 Å². The average molecular weight is 560 g/mol. The molecule has 2 atom stereocenters. The first kappa shape index (κ1) is 29.8. The molecule has 1 aliphatic rings. The molecule has 38 heavy (non-hydrogen) atoms. The van der Waals surface area contributed by atoms with Crippen LogP contribution in [-0.2, 0) is 16.8 Å². The SMILES string of the molecule is COc1cccc([C@@]2(O)CCCC[C@@H]2CN(C)C)c1.O=C(O)Cc1ccccc1Nc1c(Cl)cccc1Cl. The van der Waals surface area contributed by atoms with Crippen molar-refractivity contribution in [1.82, 2.24) is 4.90 Å². The molecule has 204 valence electrons. The molecule has 3 N–H and O–H groups in total. The number of methoxy groups -OCH3 is 1. The van der Waals surface area contributed by atoms with Gasteiger partial charge in [0.15, 0.2) is 0 Å². The monoisotopic (exact) mass is 558 g/mol. The summed E-state index contributed by atoms with van der Waals surface area (Å²) in [6.45, 7) is 0.924. The Bertz CT molecular complexity index is 1200. The second-order valence-electron chi connectivity index (χ2n) is 9.81. The molecule has 4 rings (SSSR count). The van der Waals surface area contributed by atoms with E-state index in [9.17, 15) is 9.90 Å². The van der Waals surface area contributed by atoms with Crippen molar-refractivity contribution in [3.05, 3.63) is 87.9 Å². The predicted octanol–water partition coefficient (Wildman–Crippen LogP) is 7.00. The van der Waals surface area contributed by atoms with Crippen LogP contribution in [0.3, 0.4) is 0 Å². The minimum absolute atomic E-state index is 0.0642. The number of carboxylic acids is 1. The lowest BCUT2D eigenvalue weighted by Gasteiger charge is -2.41. The van der Waals surface area contributed by atoms with Gasteiger partial charge in [0.1, 0.15) is 5.75 Å². The number of rotatable bonds is 8. The molecule has 0 bridgehead atoms. The minimum atomic E-state index is -0.889. The Balaban J connectivity index is 0.000000211. The Labute approximate surface area is 235 Å². The Kier molecular flexibility index (Phi) is 10.9. The topological polar surface area (TPSA) is 82.0 Å². The molecule has 0 amide bonds. The van der Waals surface area contributed by atoms with Crippen molar-refractivity contribution in [3.8, 4) is 5.75 Å². The number of anilines is 2. The van der Waals surface area contributed by atoms with Gasteiger partial charge in [-0.1, -0.05) is 72.4 Å². The van der Waals surface area contributed by atoms with Gasteiger partial charge in [-0.3, -0.25) is 4.79 Å². The van der Waals surface area contributed by atoms with Crippen LogP contribution in [0.15, 0.2) is 66.7 Å². The smallest absolute Gasteiger partial charge is 0.307 e. The molecule has 8 heteroatoms. The van der Waals surface area contributed by atoms with Crippen molar-refractivity contribution >= 4 is 40.5 Å². The summed E-state index contributed by atoms with van der Waals surface area (Å²) in [4.78, 5) is 13.0. The van der Waals surface area contributed by atoms with Gasteiger partial charge in [0, 0.05) is 18.2 Å². The van der Waals surface area contributed by atoms with Crippen molar-refractivity contribution in [2.75, 3.05) is 33.1 Å². The van der Waals surface area contributed by atoms with Crippen molar-refractivity contribution in [1.29, 1.82) is 0 Å². The quantitative estimate of drug-likeness (QED) is 0.276. The minimum Gasteiger partial charge on any atom is -0.497 e. The van der Waals surface area contributed by atoms with E-state index in [2.05, 4.69) is 24.3 Å². The third-order valence-corrected chi connectivity index (χ3v) is 7.40. The Morgan fingerprint density at radius 2 is 1.74 bits per heavy atom. The molecule has 3 aromatic rings. The second-order valence-corrected chi connectivity index (χ2v) is 10.6. The maximum Gasteiger partial charge on any atom is 0.307 e. The number of ether oxygens (including phenoxy) is 1. The molecular formula is C30H36Cl2N2O4. The van der Waals surface area contributed by atoms with E-state index in [1.54, 1.807) is 43.5 Å². The van der Waals surface area contributed by atoms with Gasteiger partial charge in [-0.2, -0.15) is 0 Å². The molecular weight excluding hydrogens is 523 g/mol. The maximum atomic E-state index is 11.2. The van der Waals surface area contributed by atoms with E-state index in [0.717, 1.165) is 37.1 Å². The zero-order valence-electron chi connectivity index (χ0n) is 22.1. The second kappa shape index (κ2) is 13.9. The number of aliphatic carboxylic acids is 1. The first-order chi connectivity index (χ1) is 18.1. The van der Waals surface area contributed by atoms with E-state index in [0.29, 0.717) is 32.9 Å². The molecule has 0 unspecified atom stereocenters. The number of carboxylic acid groups (broad SMARTS) is 1. The molecule has 1 aliphatic carbocycles. The molecule has 0 aliphatic heterocycles. The van der Waals surface area contributed by atoms with Crippen LogP contribution in [0.1, 0.15) is 36.8 Å². The van der Waals surface area contributed by atoms with E-state index in [1.807, 2.05) is 30.3 Å². The van der Waals surface area contributed by atoms with Crippen molar-refractivity contribution < 1.29 is 19.7 Å². The number of nitrogens with one attached hydrogen (secondary N) is 1. The molecule has 0 radical (unpaired) electrons. The maximum absolute atomic E-state index is 11.2. The highest BCUT2D eigenvalue weighted by Gasteiger charge is 2.40. The molecule has 3 aromatic carbocycles. The highest BCUT2D eigenvalue weighted by molar-refractivity contribution is 6.39. The molecule has 6 nitrogen and oxygen atoms in total. The summed E-state index contributed by atoms with van der Waals surface area (Å²) in [6, 6.07) is 20.2. The van der Waals surface area contributed by atoms with Crippen molar-refractivity contribution in [2.45, 2.75) is 37.7 Å². The van der Waals surface area contributed by atoms with E-state index in [4.69, 9.17) is 33.0 Å². The number of halogens is 2. The number of benzene rings is 3. The number of hydrogen-bond acceptors (Lipinski definition) is 5. The number of carbonyl (C=O) groups is 1. The van der Waals surface area contributed by atoms with Crippen LogP contribution in [-0.4, -0.2) is 48.8 Å². The lowest BCUT2D eigenvalue weighted by atomic mass is 9.71. The standard InChI is InChI=1S/C16H25NO2.C14H11Cl2NO2/c1-17(2)12-14-7-4-5-10-16(14,18)13-8-6-9-15(11-13)19-3;15-10-5-3-6-11(16)14(10)17-12-7-2-1-4-9(12)8-13(18)19/h6,8-9,11,14,18H,4-5,7,10,12H2,1-3H3;1-7,17H,8H2,(H,18,19)/t14-,16+;/m1./s1. The van der Waals surface area contributed by atoms with E-state index in [-0.39, 0.29) is 6.42 Å². The average Bonchev–Trinajstić information content (AvgIpc) is 2.88. The lowest BCUT2D eigenvalue weighted by molar-refractivity contribution is -0.136. The van der Waals surface area contributed by atoms with Crippen molar-refractivity contribution in [3.63, 3.8) is 0 Å². The van der Waals surface area contributed by atoms with Gasteiger partial charge in [0.2, 0.25) is 0 Å². The molecule has 0 aromatic heterocycles. The zero-order chi connectivity index (χ0) is 27.7. The summed E-state index contributed by atoms with van der Waals surface area (Å²) >= 11 is 12.1. The number of para-hydroxylation sites is 2. The molecule has 1 fully saturated rings. The van der Waals surface area contributed by atoms with Crippen molar-refractivity contribution in [2.24, 2.45) is 5.92 Å². The van der Waals surface area contributed by atoms with Crippen LogP contribution in [0, 0.1) is 5.92 Å². The molecule has 0 saturated heterocycles. The van der Waals surface area contributed by atoms with E-state index >= 15 is 0 Å². The largest absolute Gasteiger partial charge is 0.497 e. The van der Waals surface area contributed by atoms with Gasteiger partial charge in [-0.05, 0) is 68.4 Å². The van der Waals surface area contributed by atoms with Crippen LogP contribution in [0.5, 0.6) is 5.75 Å². The highest BCUT2D eigenvalue weighted by atomic mass is 35.5. The van der Waals surface area contributed by atoms with Gasteiger partial charge in [0.25, 0.3) is 0 Å². The zero-order valence-corrected chi connectivity index (χ0v) is 23.6. The Hall–Kier alpha value is -2.77. The summed E-state index contributed by atoms with van der Waals surface area (Å²) in [5.41, 5.74) is 2.21. The molecule has 0 spiro atoms. The normalized spacial score (nSPS) is 18.9. The molecule has 1 saturated carbocycles. The fourth-order valence-corrected chi connectivity index (χ4v) is 5.39.